The Hall–Kier alpha value is -1.67. The molecule has 1 amide bonds. The van der Waals surface area contributed by atoms with Crippen LogP contribution >= 0.6 is 0 Å². The van der Waals surface area contributed by atoms with Crippen molar-refractivity contribution in [1.82, 2.24) is 5.32 Å². The van der Waals surface area contributed by atoms with Crippen LogP contribution in [-0.4, -0.2) is 40.7 Å². The number of carbonyl (C=O) groups excluding carboxylic acids is 1. The van der Waals surface area contributed by atoms with E-state index < -0.39 is 32.8 Å². The highest BCUT2D eigenvalue weighted by Crippen LogP contribution is 2.20. The van der Waals surface area contributed by atoms with Crippen LogP contribution in [0.15, 0.2) is 24.3 Å². The van der Waals surface area contributed by atoms with Gasteiger partial charge in [0.25, 0.3) is 10.1 Å². The second-order valence-electron chi connectivity index (χ2n) is 4.51. The molecule has 0 spiro atoms. The molecule has 7 nitrogen and oxygen atoms in total. The lowest BCUT2D eigenvalue weighted by atomic mass is 9.98. The van der Waals surface area contributed by atoms with Gasteiger partial charge >= 0.3 is 5.97 Å². The summed E-state index contributed by atoms with van der Waals surface area (Å²) >= 11 is 0. The van der Waals surface area contributed by atoms with Gasteiger partial charge in [0.2, 0.25) is 5.91 Å². The number of hydrogen-bond donors (Lipinski definition) is 3. The zero-order valence-corrected chi connectivity index (χ0v) is 11.7. The van der Waals surface area contributed by atoms with Crippen molar-refractivity contribution in [3.05, 3.63) is 24.3 Å². The maximum Gasteiger partial charge on any atom is 0.330 e. The van der Waals surface area contributed by atoms with Crippen LogP contribution in [0.25, 0.3) is 0 Å². The average molecular weight is 291 g/mol. The summed E-state index contributed by atoms with van der Waals surface area (Å²) in [6.07, 6.45) is 1.82. The van der Waals surface area contributed by atoms with Crippen LogP contribution in [0.2, 0.25) is 0 Å². The van der Waals surface area contributed by atoms with E-state index in [1.807, 2.05) is 0 Å². The molecule has 0 saturated carbocycles. The van der Waals surface area contributed by atoms with Crippen molar-refractivity contribution in [2.75, 3.05) is 0 Å². The molecule has 0 heterocycles. The van der Waals surface area contributed by atoms with Gasteiger partial charge in [-0.3, -0.25) is 9.35 Å². The Morgan fingerprint density at radius 1 is 1.37 bits per heavy atom. The summed E-state index contributed by atoms with van der Waals surface area (Å²) in [7, 11) is -4.59. The van der Waals surface area contributed by atoms with Crippen molar-refractivity contribution < 1.29 is 27.7 Å². The van der Waals surface area contributed by atoms with Crippen molar-refractivity contribution >= 4 is 22.0 Å². The van der Waals surface area contributed by atoms with E-state index >= 15 is 0 Å². The number of carbonyl (C=O) groups is 2. The Morgan fingerprint density at radius 2 is 1.84 bits per heavy atom. The zero-order valence-electron chi connectivity index (χ0n) is 10.9. The summed E-state index contributed by atoms with van der Waals surface area (Å²) in [5, 5.41) is 9.47. The van der Waals surface area contributed by atoms with Gasteiger partial charge in [0, 0.05) is 5.57 Å². The molecule has 19 heavy (non-hydrogen) atoms. The SMILES string of the molecule is C=CC(=O)NC(C)(C)C(/C=C(\C)C(=O)O)S(=O)(=O)O. The molecule has 0 rings (SSSR count). The number of amides is 1. The Kier molecular flexibility index (Phi) is 5.46. The molecule has 0 radical (unpaired) electrons. The smallest absolute Gasteiger partial charge is 0.330 e. The molecule has 0 fully saturated rings. The normalized spacial score (nSPS) is 14.6. The van der Waals surface area contributed by atoms with E-state index in [1.165, 1.54) is 20.8 Å². The van der Waals surface area contributed by atoms with E-state index in [4.69, 9.17) is 5.11 Å². The Morgan fingerprint density at radius 3 is 2.16 bits per heavy atom. The number of hydrogen-bond acceptors (Lipinski definition) is 4. The summed E-state index contributed by atoms with van der Waals surface area (Å²) in [5.41, 5.74) is -1.67. The highest BCUT2D eigenvalue weighted by atomic mass is 32.2. The Bertz CT molecular complexity index is 517. The van der Waals surface area contributed by atoms with Crippen LogP contribution < -0.4 is 5.32 Å². The van der Waals surface area contributed by atoms with Crippen LogP contribution in [0.4, 0.5) is 0 Å². The topological polar surface area (TPSA) is 121 Å². The number of carboxylic acid groups (broad SMARTS) is 1. The molecular formula is C11H17NO6S. The van der Waals surface area contributed by atoms with Crippen molar-refractivity contribution in [2.24, 2.45) is 0 Å². The molecule has 0 aliphatic carbocycles. The Labute approximate surface area is 111 Å². The first-order valence-corrected chi connectivity index (χ1v) is 6.74. The van der Waals surface area contributed by atoms with Crippen molar-refractivity contribution in [3.63, 3.8) is 0 Å². The van der Waals surface area contributed by atoms with Gasteiger partial charge in [-0.1, -0.05) is 12.7 Å². The molecule has 3 N–H and O–H groups in total. The van der Waals surface area contributed by atoms with Gasteiger partial charge in [-0.05, 0) is 26.8 Å². The molecule has 8 heteroatoms. The number of rotatable bonds is 6. The standard InChI is InChI=1S/C11H17NO6S/c1-5-9(13)12-11(3,4)8(19(16,17)18)6-7(2)10(14)15/h5-6,8H,1H2,2-4H3,(H,12,13)(H,14,15)(H,16,17,18)/b7-6+. The fourth-order valence-corrected chi connectivity index (χ4v) is 2.58. The lowest BCUT2D eigenvalue weighted by Gasteiger charge is -2.31. The predicted molar refractivity (Wildman–Crippen MR) is 69.1 cm³/mol. The highest BCUT2D eigenvalue weighted by molar-refractivity contribution is 7.86. The van der Waals surface area contributed by atoms with E-state index in [9.17, 15) is 22.6 Å². The van der Waals surface area contributed by atoms with Gasteiger partial charge in [-0.25, -0.2) is 4.79 Å². The van der Waals surface area contributed by atoms with E-state index in [0.717, 1.165) is 12.2 Å². The van der Waals surface area contributed by atoms with Gasteiger partial charge in [0.05, 0.1) is 5.54 Å². The summed E-state index contributed by atoms with van der Waals surface area (Å²) in [6, 6.07) is 0. The van der Waals surface area contributed by atoms with Crippen LogP contribution in [0.3, 0.4) is 0 Å². The van der Waals surface area contributed by atoms with Crippen LogP contribution in [0.1, 0.15) is 20.8 Å². The lowest BCUT2D eigenvalue weighted by molar-refractivity contribution is -0.132. The highest BCUT2D eigenvalue weighted by Gasteiger charge is 2.38. The fraction of sp³-hybridized carbons (Fsp3) is 0.455. The first-order chi connectivity index (χ1) is 8.41. The van der Waals surface area contributed by atoms with Gasteiger partial charge < -0.3 is 10.4 Å². The molecule has 108 valence electrons. The van der Waals surface area contributed by atoms with Gasteiger partial charge in [0.15, 0.2) is 0 Å². The molecule has 0 aromatic carbocycles. The van der Waals surface area contributed by atoms with Crippen molar-refractivity contribution in [3.8, 4) is 0 Å². The minimum absolute atomic E-state index is 0.261. The van der Waals surface area contributed by atoms with Crippen LogP contribution in [0, 0.1) is 0 Å². The summed E-state index contributed by atoms with van der Waals surface area (Å²) in [6.45, 7) is 7.10. The molecule has 0 saturated heterocycles. The maximum absolute atomic E-state index is 11.3. The van der Waals surface area contributed by atoms with E-state index in [0.29, 0.717) is 0 Å². The van der Waals surface area contributed by atoms with Gasteiger partial charge in [-0.2, -0.15) is 8.42 Å². The van der Waals surface area contributed by atoms with Crippen molar-refractivity contribution in [2.45, 2.75) is 31.6 Å². The fourth-order valence-electron chi connectivity index (χ4n) is 1.40. The third-order valence-electron chi connectivity index (χ3n) is 2.40. The zero-order chi connectivity index (χ0) is 15.4. The molecule has 0 aliphatic heterocycles. The summed E-state index contributed by atoms with van der Waals surface area (Å²) in [4.78, 5) is 22.0. The molecule has 0 aliphatic rings. The molecular weight excluding hydrogens is 274 g/mol. The minimum Gasteiger partial charge on any atom is -0.478 e. The van der Waals surface area contributed by atoms with Gasteiger partial charge in [0.1, 0.15) is 5.25 Å². The second-order valence-corrected chi connectivity index (χ2v) is 6.04. The second kappa shape index (κ2) is 5.98. The quantitative estimate of drug-likeness (QED) is 0.480. The van der Waals surface area contributed by atoms with Crippen LogP contribution in [-0.2, 0) is 19.7 Å². The third-order valence-corrected chi connectivity index (χ3v) is 3.77. The van der Waals surface area contributed by atoms with E-state index in [-0.39, 0.29) is 5.57 Å². The lowest BCUT2D eigenvalue weighted by Crippen LogP contribution is -2.54. The average Bonchev–Trinajstić information content (AvgIpc) is 2.22. The largest absolute Gasteiger partial charge is 0.478 e. The molecule has 0 aromatic heterocycles. The molecule has 0 bridgehead atoms. The molecule has 0 aromatic rings. The Balaban J connectivity index is 5.64. The number of carboxylic acids is 1. The van der Waals surface area contributed by atoms with Crippen LogP contribution in [0.5, 0.6) is 0 Å². The third kappa shape index (κ3) is 5.23. The van der Waals surface area contributed by atoms with Crippen molar-refractivity contribution in [1.29, 1.82) is 0 Å². The first-order valence-electron chi connectivity index (χ1n) is 5.24. The molecule has 1 unspecified atom stereocenters. The molecule has 1 atom stereocenters. The maximum atomic E-state index is 11.3. The van der Waals surface area contributed by atoms with E-state index in [1.54, 1.807) is 0 Å². The monoisotopic (exact) mass is 291 g/mol. The van der Waals surface area contributed by atoms with E-state index in [2.05, 4.69) is 11.9 Å². The number of nitrogens with one attached hydrogen (secondary N) is 1. The minimum atomic E-state index is -4.59. The summed E-state index contributed by atoms with van der Waals surface area (Å²) in [5.74, 6) is -1.96. The first kappa shape index (κ1) is 17.3. The number of aliphatic carboxylic acids is 1. The summed E-state index contributed by atoms with van der Waals surface area (Å²) < 4.78 is 31.9. The van der Waals surface area contributed by atoms with Gasteiger partial charge in [-0.15, -0.1) is 0 Å². The predicted octanol–water partition coefficient (Wildman–Crippen LogP) is 0.355.